The second-order valence-corrected chi connectivity index (χ2v) is 5.54. The Morgan fingerprint density at radius 2 is 2.32 bits per heavy atom. The van der Waals surface area contributed by atoms with Crippen LogP contribution >= 0.6 is 11.3 Å². The van der Waals surface area contributed by atoms with Gasteiger partial charge in [-0.1, -0.05) is 6.07 Å². The first-order chi connectivity index (χ1) is 8.58. The Labute approximate surface area is 134 Å². The fourth-order valence-corrected chi connectivity index (χ4v) is 2.62. The van der Waals surface area contributed by atoms with Gasteiger partial charge in [0.1, 0.15) is 12.4 Å². The molecule has 6 heteroatoms. The number of aromatic nitrogens is 2. The van der Waals surface area contributed by atoms with Gasteiger partial charge in [0.2, 0.25) is 0 Å². The highest BCUT2D eigenvalue weighted by atomic mass is 127. The average molecular weight is 391 g/mol. The van der Waals surface area contributed by atoms with E-state index in [9.17, 15) is 4.79 Å². The fourth-order valence-electron chi connectivity index (χ4n) is 1.79. The number of thiophene rings is 1. The van der Waals surface area contributed by atoms with Crippen LogP contribution in [0.3, 0.4) is 0 Å². The molecule has 19 heavy (non-hydrogen) atoms. The number of hydrogen-bond donors (Lipinski definition) is 0. The van der Waals surface area contributed by atoms with Crippen molar-refractivity contribution in [2.75, 3.05) is 7.05 Å². The lowest BCUT2D eigenvalue weighted by Crippen LogP contribution is -3.00. The summed E-state index contributed by atoms with van der Waals surface area (Å²) < 4.78 is 3.46. The quantitative estimate of drug-likeness (QED) is 0.483. The Morgan fingerprint density at radius 1 is 1.58 bits per heavy atom. The third-order valence-electron chi connectivity index (χ3n) is 3.03. The van der Waals surface area contributed by atoms with Gasteiger partial charge in [-0.05, 0) is 18.4 Å². The number of carbonyl (C=O) groups is 1. The highest BCUT2D eigenvalue weighted by Crippen LogP contribution is 2.14. The van der Waals surface area contributed by atoms with E-state index in [1.165, 1.54) is 4.88 Å². The number of amides is 1. The molecule has 0 aromatic carbocycles. The van der Waals surface area contributed by atoms with Gasteiger partial charge < -0.3 is 28.9 Å². The standard InChI is InChI=1S/C13H18N3OS.HI/c1-11(9-12-5-4-8-18-12)15(3)13(17)16-7-6-14(2)10-16;/h4-8,10-11H,9H2,1-3H3;1H/q+1;/p-1. The minimum absolute atomic E-state index is 0. The van der Waals surface area contributed by atoms with Crippen molar-refractivity contribution < 1.29 is 33.3 Å². The van der Waals surface area contributed by atoms with Crippen LogP contribution in [0, 0.1) is 0 Å². The van der Waals surface area contributed by atoms with E-state index in [4.69, 9.17) is 0 Å². The molecule has 2 aromatic heterocycles. The van der Waals surface area contributed by atoms with E-state index in [1.54, 1.807) is 33.3 Å². The molecule has 0 spiro atoms. The Morgan fingerprint density at radius 3 is 2.84 bits per heavy atom. The van der Waals surface area contributed by atoms with Crippen molar-refractivity contribution in [3.05, 3.63) is 41.1 Å². The number of nitrogens with zero attached hydrogens (tertiary/aromatic N) is 3. The number of halogens is 1. The second-order valence-electron chi connectivity index (χ2n) is 4.51. The monoisotopic (exact) mass is 391 g/mol. The Kier molecular flexibility index (Phi) is 5.99. The molecule has 0 bridgehead atoms. The van der Waals surface area contributed by atoms with Crippen LogP contribution in [0.15, 0.2) is 36.2 Å². The predicted molar refractivity (Wildman–Crippen MR) is 71.7 cm³/mol. The Bertz CT molecular complexity index is 524. The molecular weight excluding hydrogens is 373 g/mol. The van der Waals surface area contributed by atoms with E-state index in [0.717, 1.165) is 6.42 Å². The van der Waals surface area contributed by atoms with Gasteiger partial charge in [-0.3, -0.25) is 0 Å². The maximum absolute atomic E-state index is 12.2. The number of carbonyl (C=O) groups excluding carboxylic acids is 1. The molecule has 104 valence electrons. The van der Waals surface area contributed by atoms with E-state index < -0.39 is 0 Å². The fraction of sp³-hybridized carbons (Fsp3) is 0.385. The van der Waals surface area contributed by atoms with Crippen LogP contribution < -0.4 is 28.5 Å². The van der Waals surface area contributed by atoms with Gasteiger partial charge in [0, 0.05) is 24.4 Å². The highest BCUT2D eigenvalue weighted by Gasteiger charge is 2.22. The highest BCUT2D eigenvalue weighted by molar-refractivity contribution is 7.09. The Balaban J connectivity index is 0.00000180. The molecular formula is C13H18IN3OS. The lowest BCUT2D eigenvalue weighted by atomic mass is 10.2. The molecule has 1 unspecified atom stereocenters. The van der Waals surface area contributed by atoms with Crippen LogP contribution in [0.1, 0.15) is 11.8 Å². The van der Waals surface area contributed by atoms with Crippen LogP contribution in [0.2, 0.25) is 0 Å². The van der Waals surface area contributed by atoms with Gasteiger partial charge in [0.05, 0.1) is 7.05 Å². The zero-order chi connectivity index (χ0) is 13.1. The van der Waals surface area contributed by atoms with E-state index in [-0.39, 0.29) is 36.0 Å². The predicted octanol–water partition coefficient (Wildman–Crippen LogP) is -1.09. The van der Waals surface area contributed by atoms with E-state index in [1.807, 2.05) is 30.9 Å². The van der Waals surface area contributed by atoms with Crippen LogP contribution in [0.4, 0.5) is 4.79 Å². The molecule has 0 aliphatic carbocycles. The largest absolute Gasteiger partial charge is 1.00 e. The van der Waals surface area contributed by atoms with Gasteiger partial charge in [-0.25, -0.2) is 9.36 Å². The van der Waals surface area contributed by atoms with Crippen molar-refractivity contribution in [3.8, 4) is 0 Å². The van der Waals surface area contributed by atoms with Gasteiger partial charge in [-0.2, -0.15) is 4.57 Å². The normalized spacial score (nSPS) is 11.7. The minimum atomic E-state index is -0.000318. The van der Waals surface area contributed by atoms with Crippen LogP contribution in [0.5, 0.6) is 0 Å². The maximum Gasteiger partial charge on any atom is 0.415 e. The molecule has 2 heterocycles. The molecule has 0 N–H and O–H groups in total. The smallest absolute Gasteiger partial charge is 0.415 e. The zero-order valence-corrected chi connectivity index (χ0v) is 14.3. The van der Waals surface area contributed by atoms with Gasteiger partial charge in [-0.15, -0.1) is 11.3 Å². The summed E-state index contributed by atoms with van der Waals surface area (Å²) in [6.45, 7) is 2.07. The summed E-state index contributed by atoms with van der Waals surface area (Å²) in [5, 5.41) is 2.07. The molecule has 0 saturated heterocycles. The zero-order valence-electron chi connectivity index (χ0n) is 11.3. The average Bonchev–Trinajstić information content (AvgIpc) is 2.98. The molecule has 0 fully saturated rings. The first-order valence-electron chi connectivity index (χ1n) is 5.90. The van der Waals surface area contributed by atoms with Gasteiger partial charge >= 0.3 is 6.03 Å². The van der Waals surface area contributed by atoms with E-state index in [2.05, 4.69) is 18.4 Å². The molecule has 0 saturated carbocycles. The lowest BCUT2D eigenvalue weighted by Gasteiger charge is -2.21. The van der Waals surface area contributed by atoms with Crippen molar-refractivity contribution in [1.82, 2.24) is 9.47 Å². The first kappa shape index (κ1) is 16.2. The number of rotatable bonds is 3. The van der Waals surface area contributed by atoms with Crippen LogP contribution in [-0.2, 0) is 13.5 Å². The summed E-state index contributed by atoms with van der Waals surface area (Å²) >= 11 is 1.73. The second kappa shape index (κ2) is 7.04. The molecule has 0 aliphatic heterocycles. The molecule has 4 nitrogen and oxygen atoms in total. The van der Waals surface area contributed by atoms with Crippen LogP contribution in [-0.4, -0.2) is 28.6 Å². The molecule has 0 aliphatic rings. The summed E-state index contributed by atoms with van der Waals surface area (Å²) in [4.78, 5) is 15.3. The molecule has 2 aromatic rings. The Hall–Kier alpha value is -0.890. The van der Waals surface area contributed by atoms with Gasteiger partial charge in [0.25, 0.3) is 6.33 Å². The third kappa shape index (κ3) is 4.04. The lowest BCUT2D eigenvalue weighted by molar-refractivity contribution is -0.670. The van der Waals surface area contributed by atoms with E-state index >= 15 is 0 Å². The maximum atomic E-state index is 12.2. The summed E-state index contributed by atoms with van der Waals surface area (Å²) in [7, 11) is 3.75. The number of likely N-dealkylation sites (N-methyl/N-ethyl adjacent to an activating group) is 1. The topological polar surface area (TPSA) is 29.1 Å². The molecule has 1 atom stereocenters. The minimum Gasteiger partial charge on any atom is -1.00 e. The molecule has 2 rings (SSSR count). The van der Waals surface area contributed by atoms with Crippen molar-refractivity contribution in [2.45, 2.75) is 19.4 Å². The summed E-state index contributed by atoms with van der Waals surface area (Å²) in [6, 6.07) is 4.33. The van der Waals surface area contributed by atoms with Gasteiger partial charge in [0.15, 0.2) is 0 Å². The summed E-state index contributed by atoms with van der Waals surface area (Å²) in [5.41, 5.74) is 0. The number of imidazole rings is 1. The van der Waals surface area contributed by atoms with Crippen molar-refractivity contribution >= 4 is 17.4 Å². The molecule has 1 amide bonds. The third-order valence-corrected chi connectivity index (χ3v) is 3.93. The SMILES string of the molecule is CC(Cc1cccs1)N(C)C(=O)n1cc[n+](C)c1.[I-]. The summed E-state index contributed by atoms with van der Waals surface area (Å²) in [5.74, 6) is 0. The van der Waals surface area contributed by atoms with Crippen molar-refractivity contribution in [2.24, 2.45) is 7.05 Å². The van der Waals surface area contributed by atoms with Crippen molar-refractivity contribution in [3.63, 3.8) is 0 Å². The van der Waals surface area contributed by atoms with E-state index in [0.29, 0.717) is 0 Å². The summed E-state index contributed by atoms with van der Waals surface area (Å²) in [6.07, 6.45) is 6.30. The number of aryl methyl sites for hydroxylation is 1. The number of hydrogen-bond acceptors (Lipinski definition) is 2. The van der Waals surface area contributed by atoms with Crippen molar-refractivity contribution in [1.29, 1.82) is 0 Å². The van der Waals surface area contributed by atoms with Crippen LogP contribution in [0.25, 0.3) is 0 Å². The molecule has 0 radical (unpaired) electrons. The first-order valence-corrected chi connectivity index (χ1v) is 6.78.